The van der Waals surface area contributed by atoms with Crippen molar-refractivity contribution < 1.29 is 42.8 Å². The van der Waals surface area contributed by atoms with Gasteiger partial charge in [0.15, 0.2) is 17.2 Å². The molecule has 3 rings (SSSR count). The second-order valence-electron chi connectivity index (χ2n) is 10.9. The fourth-order valence-corrected chi connectivity index (χ4v) is 4.74. The van der Waals surface area contributed by atoms with Crippen LogP contribution < -0.4 is 14.8 Å². The van der Waals surface area contributed by atoms with Crippen LogP contribution in [0.5, 0.6) is 11.5 Å². The highest BCUT2D eigenvalue weighted by molar-refractivity contribution is 5.98. The first-order valence-electron chi connectivity index (χ1n) is 14.8. The highest BCUT2D eigenvalue weighted by Crippen LogP contribution is 2.30. The van der Waals surface area contributed by atoms with Crippen LogP contribution in [0.25, 0.3) is 0 Å². The van der Waals surface area contributed by atoms with Gasteiger partial charge in [-0.2, -0.15) is 0 Å². The van der Waals surface area contributed by atoms with E-state index in [1.165, 1.54) is 31.9 Å². The number of hydrogen-bond donors (Lipinski definition) is 1. The number of aryl methyl sites for hydroxylation is 1. The summed E-state index contributed by atoms with van der Waals surface area (Å²) in [6.07, 6.45) is 3.30. The molecule has 1 amide bonds. The minimum atomic E-state index is -0.938. The molecule has 0 unspecified atom stereocenters. The predicted octanol–water partition coefficient (Wildman–Crippen LogP) is 4.26. The van der Waals surface area contributed by atoms with Crippen LogP contribution in [0.15, 0.2) is 42.6 Å². The topological polar surface area (TPSA) is 132 Å². The summed E-state index contributed by atoms with van der Waals surface area (Å²) in [5, 5.41) is 2.74. The van der Waals surface area contributed by atoms with E-state index < -0.39 is 42.9 Å². The van der Waals surface area contributed by atoms with E-state index in [-0.39, 0.29) is 29.2 Å². The zero-order valence-corrected chi connectivity index (χ0v) is 25.7. The molecule has 236 valence electrons. The van der Waals surface area contributed by atoms with Crippen molar-refractivity contribution in [1.82, 2.24) is 10.3 Å². The van der Waals surface area contributed by atoms with Gasteiger partial charge in [0.2, 0.25) is 6.79 Å². The van der Waals surface area contributed by atoms with Crippen molar-refractivity contribution in [2.24, 2.45) is 5.92 Å². The van der Waals surface area contributed by atoms with Crippen LogP contribution in [0.3, 0.4) is 0 Å². The molecule has 1 saturated heterocycles. The molecule has 0 aliphatic carbocycles. The number of cyclic esters (lactones) is 1. The molecular formula is C32H44N2O9. The van der Waals surface area contributed by atoms with Gasteiger partial charge in [-0.15, -0.1) is 0 Å². The summed E-state index contributed by atoms with van der Waals surface area (Å²) >= 11 is 0. The molecule has 2 heterocycles. The van der Waals surface area contributed by atoms with Crippen LogP contribution in [0, 0.1) is 5.92 Å². The second-order valence-corrected chi connectivity index (χ2v) is 10.9. The molecule has 0 radical (unpaired) electrons. The zero-order chi connectivity index (χ0) is 31.2. The largest absolute Gasteiger partial charge is 0.493 e. The summed E-state index contributed by atoms with van der Waals surface area (Å²) in [6.45, 7) is 7.74. The first kappa shape index (κ1) is 33.8. The Bertz CT molecular complexity index is 1170. The molecule has 0 spiro atoms. The van der Waals surface area contributed by atoms with E-state index in [9.17, 15) is 14.4 Å². The van der Waals surface area contributed by atoms with E-state index in [1.54, 1.807) is 6.92 Å². The van der Waals surface area contributed by atoms with E-state index >= 15 is 0 Å². The first-order chi connectivity index (χ1) is 20.7. The molecule has 1 aliphatic heterocycles. The number of benzene rings is 1. The van der Waals surface area contributed by atoms with Gasteiger partial charge in [-0.05, 0) is 50.5 Å². The smallest absolute Gasteiger partial charge is 0.329 e. The number of ether oxygens (including phenoxy) is 6. The Morgan fingerprint density at radius 1 is 1.12 bits per heavy atom. The van der Waals surface area contributed by atoms with Crippen LogP contribution in [0.4, 0.5) is 0 Å². The van der Waals surface area contributed by atoms with Crippen molar-refractivity contribution in [2.75, 3.05) is 27.1 Å². The Morgan fingerprint density at radius 3 is 2.58 bits per heavy atom. The summed E-state index contributed by atoms with van der Waals surface area (Å²) in [7, 11) is 1.41. The standard InChI is InChI=1S/C32H44N2O9/c1-21(2)19-40-29-22(3)43-32(37)25(14-9-15-27(29)39-18-10-13-24-11-7-6-8-12-24)34-31(36)28-30(42-20-41-23(4)35)26(38-5)16-17-33-28/h6-8,11-12,16-17,21-22,25,27,29H,9-10,13-15,18-20H2,1-5H3,(H,34,36)/t22-,25-,27-,29-/m0/s1. The van der Waals surface area contributed by atoms with E-state index in [0.29, 0.717) is 32.5 Å². The van der Waals surface area contributed by atoms with Crippen LogP contribution >= 0.6 is 0 Å². The molecule has 11 nitrogen and oxygen atoms in total. The minimum absolute atomic E-state index is 0.0142. The Morgan fingerprint density at radius 2 is 1.88 bits per heavy atom. The Labute approximate surface area is 253 Å². The van der Waals surface area contributed by atoms with Gasteiger partial charge in [-0.1, -0.05) is 44.2 Å². The van der Waals surface area contributed by atoms with Gasteiger partial charge >= 0.3 is 11.9 Å². The van der Waals surface area contributed by atoms with Gasteiger partial charge < -0.3 is 33.7 Å². The highest BCUT2D eigenvalue weighted by atomic mass is 16.7. The maximum absolute atomic E-state index is 13.3. The average Bonchev–Trinajstić information content (AvgIpc) is 3.02. The van der Waals surface area contributed by atoms with Crippen LogP contribution in [0.1, 0.15) is 69.4 Å². The highest BCUT2D eigenvalue weighted by Gasteiger charge is 2.36. The lowest BCUT2D eigenvalue weighted by atomic mass is 10.0. The fourth-order valence-electron chi connectivity index (χ4n) is 4.74. The van der Waals surface area contributed by atoms with Crippen molar-refractivity contribution in [2.45, 2.75) is 84.2 Å². The monoisotopic (exact) mass is 600 g/mol. The molecule has 2 aromatic rings. The van der Waals surface area contributed by atoms with Gasteiger partial charge in [0.1, 0.15) is 18.2 Å². The van der Waals surface area contributed by atoms with Gasteiger partial charge in [0.05, 0.1) is 13.2 Å². The summed E-state index contributed by atoms with van der Waals surface area (Å²) in [5.41, 5.74) is 1.13. The number of hydrogen-bond acceptors (Lipinski definition) is 10. The normalized spacial score (nSPS) is 20.7. The Hall–Kier alpha value is -3.70. The van der Waals surface area contributed by atoms with Crippen molar-refractivity contribution in [3.8, 4) is 11.5 Å². The summed E-state index contributed by atoms with van der Waals surface area (Å²) < 4.78 is 34.1. The van der Waals surface area contributed by atoms with Crippen molar-refractivity contribution in [3.63, 3.8) is 0 Å². The Balaban J connectivity index is 1.70. The molecule has 11 heteroatoms. The predicted molar refractivity (Wildman–Crippen MR) is 158 cm³/mol. The maximum Gasteiger partial charge on any atom is 0.329 e. The molecule has 1 aliphatic rings. The number of nitrogens with one attached hydrogen (secondary N) is 1. The lowest BCUT2D eigenvalue weighted by molar-refractivity contribution is -0.169. The number of carbonyl (C=O) groups excluding carboxylic acids is 3. The van der Waals surface area contributed by atoms with Crippen LogP contribution in [0.2, 0.25) is 0 Å². The van der Waals surface area contributed by atoms with E-state index in [1.807, 2.05) is 18.2 Å². The molecule has 1 aromatic carbocycles. The lowest BCUT2D eigenvalue weighted by Crippen LogP contribution is -2.46. The average molecular weight is 601 g/mol. The number of methoxy groups -OCH3 is 1. The number of esters is 2. The molecule has 43 heavy (non-hydrogen) atoms. The van der Waals surface area contributed by atoms with E-state index in [4.69, 9.17) is 28.4 Å². The van der Waals surface area contributed by atoms with Gasteiger partial charge in [-0.3, -0.25) is 9.59 Å². The number of rotatable bonds is 14. The molecule has 0 saturated carbocycles. The third kappa shape index (κ3) is 10.8. The minimum Gasteiger partial charge on any atom is -0.493 e. The number of pyridine rings is 1. The third-order valence-electron chi connectivity index (χ3n) is 6.88. The van der Waals surface area contributed by atoms with Crippen LogP contribution in [-0.2, 0) is 35.0 Å². The first-order valence-corrected chi connectivity index (χ1v) is 14.8. The number of aromatic nitrogens is 1. The molecule has 1 N–H and O–H groups in total. The van der Waals surface area contributed by atoms with E-state index in [0.717, 1.165) is 12.8 Å². The second kappa shape index (κ2) is 17.4. The van der Waals surface area contributed by atoms with Crippen molar-refractivity contribution in [3.05, 3.63) is 53.9 Å². The van der Waals surface area contributed by atoms with Crippen LogP contribution in [-0.4, -0.2) is 74.3 Å². The number of amides is 1. The molecule has 4 atom stereocenters. The molecule has 0 bridgehead atoms. The number of nitrogens with zero attached hydrogens (tertiary/aromatic N) is 1. The Kier molecular flexibility index (Phi) is 13.7. The summed E-state index contributed by atoms with van der Waals surface area (Å²) in [4.78, 5) is 41.9. The SMILES string of the molecule is COc1ccnc(C(=O)N[C@H]2CCC[C@H](OCCCc3ccccc3)[C@@H](OCC(C)C)[C@H](C)OC2=O)c1OCOC(C)=O. The zero-order valence-electron chi connectivity index (χ0n) is 25.7. The van der Waals surface area contributed by atoms with Gasteiger partial charge in [0, 0.05) is 32.4 Å². The summed E-state index contributed by atoms with van der Waals surface area (Å²) in [6, 6.07) is 10.8. The maximum atomic E-state index is 13.3. The fraction of sp³-hybridized carbons (Fsp3) is 0.562. The van der Waals surface area contributed by atoms with Gasteiger partial charge in [-0.25, -0.2) is 9.78 Å². The van der Waals surface area contributed by atoms with Crippen molar-refractivity contribution in [1.29, 1.82) is 0 Å². The lowest BCUT2D eigenvalue weighted by Gasteiger charge is -2.31. The molecular weight excluding hydrogens is 556 g/mol. The van der Waals surface area contributed by atoms with Crippen molar-refractivity contribution >= 4 is 17.8 Å². The third-order valence-corrected chi connectivity index (χ3v) is 6.88. The molecule has 1 aromatic heterocycles. The summed E-state index contributed by atoms with van der Waals surface area (Å²) in [5.74, 6) is -1.30. The molecule has 1 fully saturated rings. The number of carbonyl (C=O) groups is 3. The van der Waals surface area contributed by atoms with Gasteiger partial charge in [0.25, 0.3) is 5.91 Å². The van der Waals surface area contributed by atoms with E-state index in [2.05, 4.69) is 36.3 Å². The quantitative estimate of drug-likeness (QED) is 0.191.